The number of nitro groups is 1. The van der Waals surface area contributed by atoms with E-state index in [1.54, 1.807) is 12.1 Å². The van der Waals surface area contributed by atoms with Crippen LogP contribution < -0.4 is 5.73 Å². The largest absolute Gasteiger partial charge is 0.366 e. The number of amides is 1. The molecule has 1 aromatic carbocycles. The topological polar surface area (TPSA) is 92.7 Å². The van der Waals surface area contributed by atoms with Gasteiger partial charge in [-0.05, 0) is 18.9 Å². The van der Waals surface area contributed by atoms with Gasteiger partial charge in [0.05, 0.1) is 4.92 Å². The lowest BCUT2D eigenvalue weighted by Gasteiger charge is -2.38. The zero-order valence-electron chi connectivity index (χ0n) is 13.8. The number of nitrogens with zero attached hydrogens (tertiary/aromatic N) is 3. The van der Waals surface area contributed by atoms with Gasteiger partial charge in [0.15, 0.2) is 0 Å². The van der Waals surface area contributed by atoms with E-state index in [0.717, 1.165) is 32.2 Å². The van der Waals surface area contributed by atoms with E-state index in [-0.39, 0.29) is 11.3 Å². The molecule has 1 heterocycles. The first-order valence-electron chi connectivity index (χ1n) is 8.58. The van der Waals surface area contributed by atoms with Crippen LogP contribution >= 0.6 is 0 Å². The van der Waals surface area contributed by atoms with Gasteiger partial charge >= 0.3 is 0 Å². The summed E-state index contributed by atoms with van der Waals surface area (Å²) in [6.45, 7) is 4.43. The van der Waals surface area contributed by atoms with E-state index in [1.165, 1.54) is 31.7 Å². The van der Waals surface area contributed by atoms with Gasteiger partial charge in [0.25, 0.3) is 5.69 Å². The molecule has 130 valence electrons. The van der Waals surface area contributed by atoms with Crippen molar-refractivity contribution in [2.24, 2.45) is 5.73 Å². The van der Waals surface area contributed by atoms with Gasteiger partial charge in [-0.3, -0.25) is 24.7 Å². The Morgan fingerprint density at radius 2 is 1.88 bits per heavy atom. The maximum Gasteiger partial charge on any atom is 0.274 e. The van der Waals surface area contributed by atoms with E-state index in [9.17, 15) is 14.9 Å². The monoisotopic (exact) mass is 332 g/mol. The molecule has 7 nitrogen and oxygen atoms in total. The van der Waals surface area contributed by atoms with Crippen LogP contribution in [-0.2, 0) is 6.54 Å². The van der Waals surface area contributed by atoms with Crippen molar-refractivity contribution in [3.05, 3.63) is 39.4 Å². The number of benzene rings is 1. The van der Waals surface area contributed by atoms with Gasteiger partial charge in [0.2, 0.25) is 5.91 Å². The van der Waals surface area contributed by atoms with Crippen LogP contribution in [0.4, 0.5) is 5.69 Å². The Balaban J connectivity index is 1.64. The molecule has 24 heavy (non-hydrogen) atoms. The van der Waals surface area contributed by atoms with Crippen LogP contribution in [0.5, 0.6) is 0 Å². The molecule has 1 aliphatic carbocycles. The van der Waals surface area contributed by atoms with Crippen molar-refractivity contribution in [1.29, 1.82) is 0 Å². The van der Waals surface area contributed by atoms with Gasteiger partial charge in [-0.15, -0.1) is 0 Å². The number of nitro benzene ring substituents is 1. The van der Waals surface area contributed by atoms with Crippen molar-refractivity contribution in [3.63, 3.8) is 0 Å². The van der Waals surface area contributed by atoms with Crippen LogP contribution in [-0.4, -0.2) is 52.9 Å². The average molecular weight is 332 g/mol. The summed E-state index contributed by atoms with van der Waals surface area (Å²) in [6.07, 6.45) is 5.28. The maximum absolute atomic E-state index is 11.3. The fourth-order valence-electron chi connectivity index (χ4n) is 3.82. The second-order valence-corrected chi connectivity index (χ2v) is 6.72. The van der Waals surface area contributed by atoms with E-state index in [2.05, 4.69) is 9.80 Å². The second kappa shape index (κ2) is 7.27. The maximum atomic E-state index is 11.3. The first-order valence-corrected chi connectivity index (χ1v) is 8.58. The SMILES string of the molecule is NC(=O)c1ccc(CN2CCN(C3CCCC3)CC2)c([N+](=O)[O-])c1. The molecule has 3 rings (SSSR count). The van der Waals surface area contributed by atoms with E-state index < -0.39 is 10.8 Å². The summed E-state index contributed by atoms with van der Waals surface area (Å²) in [7, 11) is 0. The number of rotatable bonds is 5. The molecular weight excluding hydrogens is 308 g/mol. The molecule has 7 heteroatoms. The van der Waals surface area contributed by atoms with Gasteiger partial charge in [-0.2, -0.15) is 0 Å². The number of nitrogens with two attached hydrogens (primary N) is 1. The predicted molar refractivity (Wildman–Crippen MR) is 90.7 cm³/mol. The molecular formula is C17H24N4O3. The quantitative estimate of drug-likeness (QED) is 0.655. The summed E-state index contributed by atoms with van der Waals surface area (Å²) >= 11 is 0. The van der Waals surface area contributed by atoms with E-state index in [4.69, 9.17) is 5.73 Å². The predicted octanol–water partition coefficient (Wildman–Crippen LogP) is 1.75. The third kappa shape index (κ3) is 3.73. The zero-order chi connectivity index (χ0) is 17.1. The Morgan fingerprint density at radius 3 is 2.46 bits per heavy atom. The lowest BCUT2D eigenvalue weighted by atomic mass is 10.1. The Kier molecular flexibility index (Phi) is 5.11. The van der Waals surface area contributed by atoms with Gasteiger partial charge in [0.1, 0.15) is 0 Å². The minimum Gasteiger partial charge on any atom is -0.366 e. The van der Waals surface area contributed by atoms with E-state index in [1.807, 2.05) is 0 Å². The fraction of sp³-hybridized carbons (Fsp3) is 0.588. The molecule has 2 fully saturated rings. The van der Waals surface area contributed by atoms with Crippen LogP contribution in [0.3, 0.4) is 0 Å². The van der Waals surface area contributed by atoms with Crippen LogP contribution in [0, 0.1) is 10.1 Å². The van der Waals surface area contributed by atoms with Crippen molar-refractivity contribution in [2.45, 2.75) is 38.3 Å². The highest BCUT2D eigenvalue weighted by molar-refractivity contribution is 5.93. The molecule has 1 saturated carbocycles. The standard InChI is InChI=1S/C17H24N4O3/c18-17(22)13-5-6-14(16(11-13)21(23)24)12-19-7-9-20(10-8-19)15-3-1-2-4-15/h5-6,11,15H,1-4,7-10,12H2,(H2,18,22). The first-order chi connectivity index (χ1) is 11.5. The number of carbonyl (C=O) groups excluding carboxylic acids is 1. The van der Waals surface area contributed by atoms with Crippen LogP contribution in [0.1, 0.15) is 41.6 Å². The second-order valence-electron chi connectivity index (χ2n) is 6.72. The normalized spacial score (nSPS) is 20.3. The molecule has 1 amide bonds. The highest BCUT2D eigenvalue weighted by atomic mass is 16.6. The molecule has 0 aromatic heterocycles. The summed E-state index contributed by atoms with van der Waals surface area (Å²) in [5.41, 5.74) is 6.01. The molecule has 2 aliphatic rings. The van der Waals surface area contributed by atoms with Crippen LogP contribution in [0.25, 0.3) is 0 Å². The molecule has 0 atom stereocenters. The van der Waals surface area contributed by atoms with E-state index in [0.29, 0.717) is 12.1 Å². The Labute approximate surface area is 141 Å². The molecule has 0 radical (unpaired) electrons. The molecule has 1 aliphatic heterocycles. The summed E-state index contributed by atoms with van der Waals surface area (Å²) < 4.78 is 0. The fourth-order valence-corrected chi connectivity index (χ4v) is 3.82. The number of hydrogen-bond acceptors (Lipinski definition) is 5. The molecule has 0 spiro atoms. The number of primary amides is 1. The highest BCUT2D eigenvalue weighted by Crippen LogP contribution is 2.26. The zero-order valence-corrected chi connectivity index (χ0v) is 13.8. The third-order valence-corrected chi connectivity index (χ3v) is 5.21. The minimum atomic E-state index is -0.644. The number of piperazine rings is 1. The van der Waals surface area contributed by atoms with Crippen molar-refractivity contribution >= 4 is 11.6 Å². The Bertz CT molecular complexity index is 620. The average Bonchev–Trinajstić information content (AvgIpc) is 3.10. The number of carbonyl (C=O) groups is 1. The Morgan fingerprint density at radius 1 is 1.21 bits per heavy atom. The van der Waals surface area contributed by atoms with Gasteiger partial charge in [-0.1, -0.05) is 18.9 Å². The van der Waals surface area contributed by atoms with Gasteiger partial charge in [0, 0.05) is 56.0 Å². The lowest BCUT2D eigenvalue weighted by molar-refractivity contribution is -0.385. The van der Waals surface area contributed by atoms with Crippen LogP contribution in [0.2, 0.25) is 0 Å². The smallest absolute Gasteiger partial charge is 0.274 e. The molecule has 1 saturated heterocycles. The molecule has 0 bridgehead atoms. The molecule has 1 aromatic rings. The summed E-state index contributed by atoms with van der Waals surface area (Å²) in [6, 6.07) is 5.24. The van der Waals surface area contributed by atoms with Crippen LogP contribution in [0.15, 0.2) is 18.2 Å². The summed E-state index contributed by atoms with van der Waals surface area (Å²) in [5, 5.41) is 11.3. The number of hydrogen-bond donors (Lipinski definition) is 1. The summed E-state index contributed by atoms with van der Waals surface area (Å²) in [4.78, 5) is 26.9. The van der Waals surface area contributed by atoms with Crippen molar-refractivity contribution in [2.75, 3.05) is 26.2 Å². The van der Waals surface area contributed by atoms with Crippen molar-refractivity contribution in [3.8, 4) is 0 Å². The Hall–Kier alpha value is -1.99. The minimum absolute atomic E-state index is 0.0236. The first kappa shape index (κ1) is 16.9. The molecule has 2 N–H and O–H groups in total. The lowest BCUT2D eigenvalue weighted by Crippen LogP contribution is -2.49. The molecule has 0 unspecified atom stereocenters. The van der Waals surface area contributed by atoms with Gasteiger partial charge < -0.3 is 5.73 Å². The third-order valence-electron chi connectivity index (χ3n) is 5.21. The van der Waals surface area contributed by atoms with Crippen molar-refractivity contribution < 1.29 is 9.72 Å². The van der Waals surface area contributed by atoms with Crippen molar-refractivity contribution in [1.82, 2.24) is 9.80 Å². The highest BCUT2D eigenvalue weighted by Gasteiger charge is 2.27. The van der Waals surface area contributed by atoms with E-state index >= 15 is 0 Å². The summed E-state index contributed by atoms with van der Waals surface area (Å²) in [5.74, 6) is -0.644. The van der Waals surface area contributed by atoms with Gasteiger partial charge in [-0.25, -0.2) is 0 Å².